The number of aryl methyl sites for hydroxylation is 1. The first-order valence-corrected chi connectivity index (χ1v) is 11.7. The monoisotopic (exact) mass is 436 g/mol. The number of benzene rings is 2. The number of fused-ring (bicyclic) bond motifs is 1. The van der Waals surface area contributed by atoms with E-state index in [0.29, 0.717) is 13.0 Å². The number of aliphatic hydroxyl groups is 2. The van der Waals surface area contributed by atoms with Gasteiger partial charge in [0.15, 0.2) is 0 Å². The highest BCUT2D eigenvalue weighted by molar-refractivity contribution is 5.94. The van der Waals surface area contributed by atoms with Crippen LogP contribution in [0.1, 0.15) is 61.0 Å². The van der Waals surface area contributed by atoms with Gasteiger partial charge in [-0.3, -0.25) is 4.79 Å². The van der Waals surface area contributed by atoms with Crippen molar-refractivity contribution < 1.29 is 19.7 Å². The largest absolute Gasteiger partial charge is 0.487 e. The van der Waals surface area contributed by atoms with E-state index in [1.165, 1.54) is 0 Å². The molecule has 2 atom stereocenters. The third-order valence-corrected chi connectivity index (χ3v) is 7.13. The first kappa shape index (κ1) is 21.4. The molecule has 0 bridgehead atoms. The van der Waals surface area contributed by atoms with Crippen molar-refractivity contribution in [2.45, 2.75) is 56.8 Å². The van der Waals surface area contributed by atoms with E-state index in [1.807, 2.05) is 49.4 Å². The van der Waals surface area contributed by atoms with Gasteiger partial charge < -0.3 is 25.2 Å². The van der Waals surface area contributed by atoms with Crippen LogP contribution in [0.5, 0.6) is 5.75 Å². The highest BCUT2D eigenvalue weighted by Gasteiger charge is 2.43. The third kappa shape index (κ3) is 4.53. The van der Waals surface area contributed by atoms with Crippen LogP contribution in [0.4, 0.5) is 5.69 Å². The Kier molecular flexibility index (Phi) is 5.70. The quantitative estimate of drug-likeness (QED) is 0.665. The smallest absolute Gasteiger partial charge is 0.227 e. The fourth-order valence-electron chi connectivity index (χ4n) is 4.94. The van der Waals surface area contributed by atoms with Gasteiger partial charge in [-0.15, -0.1) is 0 Å². The normalized spacial score (nSPS) is 23.3. The van der Waals surface area contributed by atoms with Crippen molar-refractivity contribution in [1.82, 2.24) is 4.90 Å². The van der Waals surface area contributed by atoms with E-state index in [0.717, 1.165) is 66.9 Å². The first-order chi connectivity index (χ1) is 15.4. The summed E-state index contributed by atoms with van der Waals surface area (Å²) in [6.07, 6.45) is 3.17. The van der Waals surface area contributed by atoms with E-state index < -0.39 is 12.2 Å². The van der Waals surface area contributed by atoms with Crippen molar-refractivity contribution in [1.29, 1.82) is 0 Å². The Bertz CT molecular complexity index is 978. The summed E-state index contributed by atoms with van der Waals surface area (Å²) in [6.45, 7) is 4.22. The molecule has 2 heterocycles. The highest BCUT2D eigenvalue weighted by atomic mass is 16.5. The molecular formula is C26H32N2O4. The molecule has 0 aromatic heterocycles. The number of likely N-dealkylation sites (tertiary alicyclic amines) is 1. The molecule has 1 amide bonds. The number of rotatable bonds is 5. The zero-order chi connectivity index (χ0) is 22.3. The van der Waals surface area contributed by atoms with Crippen LogP contribution in [0, 0.1) is 12.8 Å². The average molecular weight is 437 g/mol. The molecule has 0 unspecified atom stereocenters. The van der Waals surface area contributed by atoms with Crippen molar-refractivity contribution in [3.63, 3.8) is 0 Å². The Labute approximate surface area is 189 Å². The number of aliphatic hydroxyl groups excluding tert-OH is 2. The first-order valence-electron chi connectivity index (χ1n) is 11.7. The van der Waals surface area contributed by atoms with Crippen LogP contribution in [0.15, 0.2) is 42.5 Å². The SMILES string of the molecule is Cc1ccc2c(c1)[C@@H](O)CC1(CCN(C[C@H](O)c3ccc(NC(=O)C4CC4)cc3)CC1)O2. The fraction of sp³-hybridized carbons (Fsp3) is 0.500. The maximum Gasteiger partial charge on any atom is 0.227 e. The second-order valence-electron chi connectivity index (χ2n) is 9.75. The van der Waals surface area contributed by atoms with Gasteiger partial charge >= 0.3 is 0 Å². The van der Waals surface area contributed by atoms with E-state index in [2.05, 4.69) is 10.2 Å². The number of hydrogen-bond donors (Lipinski definition) is 3. The molecule has 1 spiro atoms. The molecule has 5 rings (SSSR count). The summed E-state index contributed by atoms with van der Waals surface area (Å²) < 4.78 is 6.41. The molecule has 2 aromatic carbocycles. The van der Waals surface area contributed by atoms with Gasteiger partial charge in [0.1, 0.15) is 11.4 Å². The number of nitrogens with zero attached hydrogens (tertiary/aromatic N) is 1. The van der Waals surface area contributed by atoms with E-state index in [-0.39, 0.29) is 17.4 Å². The molecule has 1 aliphatic carbocycles. The van der Waals surface area contributed by atoms with Crippen LogP contribution in [0.2, 0.25) is 0 Å². The minimum Gasteiger partial charge on any atom is -0.487 e. The topological polar surface area (TPSA) is 82.0 Å². The number of nitrogens with one attached hydrogen (secondary N) is 1. The summed E-state index contributed by atoms with van der Waals surface area (Å²) in [7, 11) is 0. The summed E-state index contributed by atoms with van der Waals surface area (Å²) in [6, 6.07) is 13.5. The number of amides is 1. The lowest BCUT2D eigenvalue weighted by atomic mass is 9.81. The van der Waals surface area contributed by atoms with Crippen molar-refractivity contribution in [3.8, 4) is 5.75 Å². The molecule has 3 N–H and O–H groups in total. The zero-order valence-corrected chi connectivity index (χ0v) is 18.6. The number of piperidine rings is 1. The summed E-state index contributed by atoms with van der Waals surface area (Å²) in [5.74, 6) is 1.07. The van der Waals surface area contributed by atoms with Crippen molar-refractivity contribution >= 4 is 11.6 Å². The van der Waals surface area contributed by atoms with Crippen LogP contribution in [0.3, 0.4) is 0 Å². The summed E-state index contributed by atoms with van der Waals surface area (Å²) in [5.41, 5.74) is 3.32. The second kappa shape index (κ2) is 8.50. The highest BCUT2D eigenvalue weighted by Crippen LogP contribution is 2.44. The molecular weight excluding hydrogens is 404 g/mol. The van der Waals surface area contributed by atoms with Gasteiger partial charge in [0.05, 0.1) is 12.2 Å². The molecule has 32 heavy (non-hydrogen) atoms. The standard InChI is InChI=1S/C26H32N2O4/c1-17-2-9-24-21(14-17)22(29)15-26(32-24)10-12-28(13-11-26)16-23(30)18-5-7-20(8-6-18)27-25(31)19-3-4-19/h2,5-9,14,19,22-23,29-30H,3-4,10-13,15-16H2,1H3,(H,27,31)/t22-,23-/m0/s1. The summed E-state index contributed by atoms with van der Waals surface area (Å²) >= 11 is 0. The molecule has 0 radical (unpaired) electrons. The van der Waals surface area contributed by atoms with E-state index in [9.17, 15) is 15.0 Å². The number of hydrogen-bond acceptors (Lipinski definition) is 5. The Hall–Kier alpha value is -2.41. The molecule has 1 saturated carbocycles. The Balaban J connectivity index is 1.15. The minimum atomic E-state index is -0.584. The van der Waals surface area contributed by atoms with Crippen LogP contribution in [-0.4, -0.2) is 46.3 Å². The molecule has 2 fully saturated rings. The van der Waals surface area contributed by atoms with Crippen molar-refractivity contribution in [2.24, 2.45) is 5.92 Å². The molecule has 6 heteroatoms. The molecule has 3 aliphatic rings. The van der Waals surface area contributed by atoms with Crippen molar-refractivity contribution in [3.05, 3.63) is 59.2 Å². The van der Waals surface area contributed by atoms with Gasteiger partial charge in [-0.05, 0) is 62.4 Å². The van der Waals surface area contributed by atoms with Gasteiger partial charge in [-0.1, -0.05) is 23.8 Å². The minimum absolute atomic E-state index is 0.0911. The van der Waals surface area contributed by atoms with Gasteiger partial charge in [0.2, 0.25) is 5.91 Å². The second-order valence-corrected chi connectivity index (χ2v) is 9.75. The van der Waals surface area contributed by atoms with E-state index >= 15 is 0 Å². The molecule has 170 valence electrons. The van der Waals surface area contributed by atoms with Gasteiger partial charge in [-0.25, -0.2) is 0 Å². The zero-order valence-electron chi connectivity index (χ0n) is 18.6. The summed E-state index contributed by atoms with van der Waals surface area (Å²) in [4.78, 5) is 14.2. The number of ether oxygens (including phenoxy) is 1. The van der Waals surface area contributed by atoms with E-state index in [4.69, 9.17) is 4.74 Å². The predicted octanol–water partition coefficient (Wildman–Crippen LogP) is 3.73. The van der Waals surface area contributed by atoms with Gasteiger partial charge in [0.25, 0.3) is 0 Å². The Morgan fingerprint density at radius 2 is 1.91 bits per heavy atom. The van der Waals surface area contributed by atoms with Crippen LogP contribution < -0.4 is 10.1 Å². The number of carbonyl (C=O) groups is 1. The lowest BCUT2D eigenvalue weighted by Gasteiger charge is -2.46. The number of anilines is 1. The molecule has 1 saturated heterocycles. The predicted molar refractivity (Wildman–Crippen MR) is 123 cm³/mol. The number of carbonyl (C=O) groups excluding carboxylic acids is 1. The van der Waals surface area contributed by atoms with Crippen LogP contribution >= 0.6 is 0 Å². The lowest BCUT2D eigenvalue weighted by Crippen LogP contribution is -2.51. The average Bonchev–Trinajstić information content (AvgIpc) is 3.62. The van der Waals surface area contributed by atoms with Gasteiger partial charge in [-0.2, -0.15) is 0 Å². The summed E-state index contributed by atoms with van der Waals surface area (Å²) in [5, 5.41) is 24.4. The van der Waals surface area contributed by atoms with Crippen molar-refractivity contribution in [2.75, 3.05) is 25.0 Å². The van der Waals surface area contributed by atoms with Crippen LogP contribution in [-0.2, 0) is 4.79 Å². The van der Waals surface area contributed by atoms with Gasteiger partial charge in [0, 0.05) is 43.2 Å². The maximum absolute atomic E-state index is 11.9. The lowest BCUT2D eigenvalue weighted by molar-refractivity contribution is -0.117. The van der Waals surface area contributed by atoms with Crippen LogP contribution in [0.25, 0.3) is 0 Å². The molecule has 2 aromatic rings. The van der Waals surface area contributed by atoms with E-state index in [1.54, 1.807) is 0 Å². The number of β-amino-alcohol motifs (C(OH)–C–C–N with tert-alkyl or cyclic N) is 1. The maximum atomic E-state index is 11.9. The molecule has 2 aliphatic heterocycles. The fourth-order valence-corrected chi connectivity index (χ4v) is 4.94. The third-order valence-electron chi connectivity index (χ3n) is 7.13. The Morgan fingerprint density at radius 3 is 2.59 bits per heavy atom. The Morgan fingerprint density at radius 1 is 1.19 bits per heavy atom. The molecule has 6 nitrogen and oxygen atoms in total.